The molecule has 0 amide bonds. The Morgan fingerprint density at radius 2 is 1.94 bits per heavy atom. The van der Waals surface area contributed by atoms with Crippen LogP contribution in [0.4, 0.5) is 11.5 Å². The average Bonchev–Trinajstić information content (AvgIpc) is 2.32. The molecule has 2 aromatic rings. The van der Waals surface area contributed by atoms with Crippen LogP contribution in [0, 0.1) is 0 Å². The lowest BCUT2D eigenvalue weighted by Gasteiger charge is -2.06. The fourth-order valence-electron chi connectivity index (χ4n) is 1.59. The van der Waals surface area contributed by atoms with Gasteiger partial charge in [-0.15, -0.1) is 0 Å². The maximum atomic E-state index is 5.76. The summed E-state index contributed by atoms with van der Waals surface area (Å²) in [7, 11) is 0. The van der Waals surface area contributed by atoms with Crippen LogP contribution in [-0.4, -0.2) is 9.97 Å². The van der Waals surface area contributed by atoms with Gasteiger partial charge in [-0.3, -0.25) is 4.98 Å². The van der Waals surface area contributed by atoms with Crippen LogP contribution in [0.1, 0.15) is 18.9 Å². The molecule has 0 fully saturated rings. The Kier molecular flexibility index (Phi) is 3.94. The molecule has 3 nitrogen and oxygen atoms in total. The van der Waals surface area contributed by atoms with E-state index in [9.17, 15) is 0 Å². The quantitative estimate of drug-likeness (QED) is 0.892. The van der Waals surface area contributed by atoms with Gasteiger partial charge in [-0.1, -0.05) is 37.1 Å². The minimum Gasteiger partial charge on any atom is -0.339 e. The molecule has 0 saturated carbocycles. The molecule has 2 rings (SSSR count). The second-order valence-electron chi connectivity index (χ2n) is 3.80. The zero-order valence-corrected chi connectivity index (χ0v) is 10.4. The molecule has 1 N–H and O–H groups in total. The first-order valence-electron chi connectivity index (χ1n) is 5.61. The molecule has 1 heterocycles. The molecule has 17 heavy (non-hydrogen) atoms. The van der Waals surface area contributed by atoms with Crippen LogP contribution in [0.2, 0.25) is 5.15 Å². The minimum absolute atomic E-state index is 0.387. The van der Waals surface area contributed by atoms with E-state index < -0.39 is 0 Å². The summed E-state index contributed by atoms with van der Waals surface area (Å²) in [5.41, 5.74) is 2.33. The molecule has 0 radical (unpaired) electrons. The standard InChI is InChI=1S/C13H14ClN3/c1-2-3-10-4-6-11(7-5-10)16-13-9-15-8-12(14)17-13/h4-9H,2-3H2,1H3,(H,16,17). The third kappa shape index (κ3) is 3.43. The van der Waals surface area contributed by atoms with Gasteiger partial charge in [-0.2, -0.15) is 0 Å². The third-order valence-corrected chi connectivity index (χ3v) is 2.55. The minimum atomic E-state index is 0.387. The van der Waals surface area contributed by atoms with Crippen molar-refractivity contribution < 1.29 is 0 Å². The first kappa shape index (κ1) is 11.9. The summed E-state index contributed by atoms with van der Waals surface area (Å²) < 4.78 is 0. The highest BCUT2D eigenvalue weighted by molar-refractivity contribution is 6.29. The molecular weight excluding hydrogens is 234 g/mol. The Labute approximate surface area is 106 Å². The molecule has 0 aliphatic heterocycles. The topological polar surface area (TPSA) is 37.8 Å². The van der Waals surface area contributed by atoms with E-state index in [1.165, 1.54) is 11.8 Å². The largest absolute Gasteiger partial charge is 0.339 e. The number of aryl methyl sites for hydroxylation is 1. The monoisotopic (exact) mass is 247 g/mol. The fraction of sp³-hybridized carbons (Fsp3) is 0.231. The predicted octanol–water partition coefficient (Wildman–Crippen LogP) is 3.83. The summed E-state index contributed by atoms with van der Waals surface area (Å²) in [6.45, 7) is 2.17. The van der Waals surface area contributed by atoms with Crippen LogP contribution < -0.4 is 5.32 Å². The summed E-state index contributed by atoms with van der Waals surface area (Å²) in [6.07, 6.45) is 5.42. The van der Waals surface area contributed by atoms with Crippen LogP contribution in [0.25, 0.3) is 0 Å². The van der Waals surface area contributed by atoms with Gasteiger partial charge >= 0.3 is 0 Å². The van der Waals surface area contributed by atoms with Crippen LogP contribution >= 0.6 is 11.6 Å². The van der Waals surface area contributed by atoms with Crippen molar-refractivity contribution in [2.75, 3.05) is 5.32 Å². The van der Waals surface area contributed by atoms with Gasteiger partial charge in [0.2, 0.25) is 0 Å². The molecular formula is C13H14ClN3. The van der Waals surface area contributed by atoms with Gasteiger partial charge in [0.1, 0.15) is 5.15 Å². The van der Waals surface area contributed by atoms with Crippen molar-refractivity contribution >= 4 is 23.1 Å². The average molecular weight is 248 g/mol. The number of hydrogen-bond donors (Lipinski definition) is 1. The molecule has 1 aromatic carbocycles. The molecule has 0 atom stereocenters. The number of aromatic nitrogens is 2. The van der Waals surface area contributed by atoms with Crippen molar-refractivity contribution in [2.24, 2.45) is 0 Å². The lowest BCUT2D eigenvalue weighted by Crippen LogP contribution is -1.94. The zero-order valence-electron chi connectivity index (χ0n) is 9.65. The van der Waals surface area contributed by atoms with Gasteiger partial charge in [-0.25, -0.2) is 4.98 Å². The molecule has 0 unspecified atom stereocenters. The van der Waals surface area contributed by atoms with E-state index in [1.54, 1.807) is 6.20 Å². The molecule has 0 bridgehead atoms. The lowest BCUT2D eigenvalue weighted by atomic mass is 10.1. The maximum absolute atomic E-state index is 5.76. The lowest BCUT2D eigenvalue weighted by molar-refractivity contribution is 0.922. The number of nitrogens with zero attached hydrogens (tertiary/aromatic N) is 2. The Morgan fingerprint density at radius 1 is 1.18 bits per heavy atom. The highest BCUT2D eigenvalue weighted by atomic mass is 35.5. The molecule has 4 heteroatoms. The summed E-state index contributed by atoms with van der Waals surface area (Å²) in [5, 5.41) is 3.54. The fourth-order valence-corrected chi connectivity index (χ4v) is 1.74. The second kappa shape index (κ2) is 5.64. The van der Waals surface area contributed by atoms with Gasteiger partial charge < -0.3 is 5.32 Å². The third-order valence-electron chi connectivity index (χ3n) is 2.37. The first-order valence-corrected chi connectivity index (χ1v) is 5.99. The number of rotatable bonds is 4. The van der Waals surface area contributed by atoms with Crippen molar-refractivity contribution in [1.82, 2.24) is 9.97 Å². The second-order valence-corrected chi connectivity index (χ2v) is 4.19. The highest BCUT2D eigenvalue weighted by Crippen LogP contribution is 2.16. The van der Waals surface area contributed by atoms with Crippen molar-refractivity contribution in [3.05, 3.63) is 47.4 Å². The Bertz CT molecular complexity index is 482. The van der Waals surface area contributed by atoms with Crippen molar-refractivity contribution in [2.45, 2.75) is 19.8 Å². The number of halogens is 1. The van der Waals surface area contributed by atoms with Gasteiger partial charge in [-0.05, 0) is 24.1 Å². The normalized spacial score (nSPS) is 10.2. The smallest absolute Gasteiger partial charge is 0.150 e. The first-order chi connectivity index (χ1) is 8.28. The number of nitrogens with one attached hydrogen (secondary N) is 1. The zero-order chi connectivity index (χ0) is 12.1. The molecule has 0 aliphatic carbocycles. The Morgan fingerprint density at radius 3 is 2.59 bits per heavy atom. The van der Waals surface area contributed by atoms with Crippen molar-refractivity contribution in [1.29, 1.82) is 0 Å². The molecule has 1 aromatic heterocycles. The van der Waals surface area contributed by atoms with Gasteiger partial charge in [0, 0.05) is 5.69 Å². The van der Waals surface area contributed by atoms with Gasteiger partial charge in [0.05, 0.1) is 12.4 Å². The highest BCUT2D eigenvalue weighted by Gasteiger charge is 1.98. The van der Waals surface area contributed by atoms with E-state index in [4.69, 9.17) is 11.6 Å². The molecule has 0 aliphatic rings. The number of benzene rings is 1. The maximum Gasteiger partial charge on any atom is 0.150 e. The van der Waals surface area contributed by atoms with E-state index in [1.807, 2.05) is 12.1 Å². The van der Waals surface area contributed by atoms with Crippen molar-refractivity contribution in [3.63, 3.8) is 0 Å². The van der Waals surface area contributed by atoms with E-state index in [-0.39, 0.29) is 0 Å². The Balaban J connectivity index is 2.08. The van der Waals surface area contributed by atoms with E-state index >= 15 is 0 Å². The van der Waals surface area contributed by atoms with Crippen LogP contribution in [-0.2, 0) is 6.42 Å². The molecule has 88 valence electrons. The van der Waals surface area contributed by atoms with Gasteiger partial charge in [0.15, 0.2) is 5.82 Å². The van der Waals surface area contributed by atoms with E-state index in [2.05, 4.69) is 34.3 Å². The van der Waals surface area contributed by atoms with Crippen molar-refractivity contribution in [3.8, 4) is 0 Å². The summed E-state index contributed by atoms with van der Waals surface area (Å²) in [6, 6.07) is 8.30. The van der Waals surface area contributed by atoms with Gasteiger partial charge in [0.25, 0.3) is 0 Å². The number of anilines is 2. The summed E-state index contributed by atoms with van der Waals surface area (Å²) in [5.74, 6) is 0.653. The van der Waals surface area contributed by atoms with Crippen LogP contribution in [0.15, 0.2) is 36.7 Å². The molecule has 0 saturated heterocycles. The predicted molar refractivity (Wildman–Crippen MR) is 70.8 cm³/mol. The summed E-state index contributed by atoms with van der Waals surface area (Å²) >= 11 is 5.76. The summed E-state index contributed by atoms with van der Waals surface area (Å²) in [4.78, 5) is 8.09. The number of hydrogen-bond acceptors (Lipinski definition) is 3. The molecule has 0 spiro atoms. The van der Waals surface area contributed by atoms with E-state index in [0.717, 1.165) is 18.5 Å². The van der Waals surface area contributed by atoms with Crippen LogP contribution in [0.3, 0.4) is 0 Å². The van der Waals surface area contributed by atoms with E-state index in [0.29, 0.717) is 11.0 Å². The SMILES string of the molecule is CCCc1ccc(Nc2cncc(Cl)n2)cc1. The van der Waals surface area contributed by atoms with Crippen LogP contribution in [0.5, 0.6) is 0 Å². The Hall–Kier alpha value is -1.61.